The van der Waals surface area contributed by atoms with Gasteiger partial charge in [0.1, 0.15) is 5.69 Å². The van der Waals surface area contributed by atoms with Crippen molar-refractivity contribution in [3.05, 3.63) is 38.5 Å². The number of nitrogens with zero attached hydrogens (tertiary/aromatic N) is 3. The van der Waals surface area contributed by atoms with Crippen LogP contribution in [0.5, 0.6) is 0 Å². The van der Waals surface area contributed by atoms with Gasteiger partial charge in [0.2, 0.25) is 0 Å². The Labute approximate surface area is 99.1 Å². The number of aryl methyl sites for hydroxylation is 1. The second kappa shape index (κ2) is 3.62. The number of nitrogens with one attached hydrogen (secondary N) is 3. The molecule has 0 radical (unpaired) electrons. The summed E-state index contributed by atoms with van der Waals surface area (Å²) in [6.07, 6.45) is 0. The molecule has 0 amide bonds. The van der Waals surface area contributed by atoms with Crippen molar-refractivity contribution in [3.8, 4) is 11.5 Å². The van der Waals surface area contributed by atoms with E-state index in [1.54, 1.807) is 6.92 Å². The maximum absolute atomic E-state index is 11.6. The lowest BCUT2D eigenvalue weighted by molar-refractivity contribution is 0.965. The van der Waals surface area contributed by atoms with Crippen LogP contribution in [-0.4, -0.2) is 30.4 Å². The summed E-state index contributed by atoms with van der Waals surface area (Å²) in [6.45, 7) is 1.75. The highest BCUT2D eigenvalue weighted by Gasteiger charge is 2.11. The normalized spacial score (nSPS) is 10.9. The molecule has 3 aromatic rings. The maximum atomic E-state index is 11.6. The molecule has 0 aromatic carbocycles. The third kappa shape index (κ3) is 1.51. The second-order valence-electron chi connectivity index (χ2n) is 3.75. The van der Waals surface area contributed by atoms with E-state index in [9.17, 15) is 9.59 Å². The van der Waals surface area contributed by atoms with Crippen molar-refractivity contribution in [1.29, 1.82) is 0 Å². The molecule has 0 aliphatic rings. The monoisotopic (exact) mass is 244 g/mol. The molecule has 0 bridgehead atoms. The van der Waals surface area contributed by atoms with Gasteiger partial charge in [-0.1, -0.05) is 0 Å². The van der Waals surface area contributed by atoms with E-state index in [1.165, 1.54) is 12.1 Å². The summed E-state index contributed by atoms with van der Waals surface area (Å²) in [5.41, 5.74) is 1.23. The van der Waals surface area contributed by atoms with Crippen LogP contribution in [0, 0.1) is 6.92 Å². The minimum Gasteiger partial charge on any atom is -0.335 e. The molecule has 0 saturated heterocycles. The van der Waals surface area contributed by atoms with E-state index >= 15 is 0 Å². The first-order chi connectivity index (χ1) is 8.65. The van der Waals surface area contributed by atoms with E-state index in [2.05, 4.69) is 30.4 Å². The molecule has 3 heterocycles. The Balaban J connectivity index is 2.28. The van der Waals surface area contributed by atoms with Crippen molar-refractivity contribution in [2.45, 2.75) is 6.92 Å². The molecule has 8 nitrogen and oxygen atoms in total. The molecule has 0 atom stereocenters. The Morgan fingerprint density at radius 2 is 1.94 bits per heavy atom. The molecule has 0 spiro atoms. The van der Waals surface area contributed by atoms with Crippen molar-refractivity contribution in [3.63, 3.8) is 0 Å². The number of hydrogen-bond donors (Lipinski definition) is 3. The van der Waals surface area contributed by atoms with E-state index in [-0.39, 0.29) is 16.6 Å². The van der Waals surface area contributed by atoms with E-state index in [4.69, 9.17) is 0 Å². The third-order valence-corrected chi connectivity index (χ3v) is 2.53. The molecule has 0 aliphatic carbocycles. The summed E-state index contributed by atoms with van der Waals surface area (Å²) in [5, 5.41) is 12.3. The summed E-state index contributed by atoms with van der Waals surface area (Å²) >= 11 is 0. The number of aromatic amines is 3. The number of aromatic nitrogens is 6. The van der Waals surface area contributed by atoms with E-state index in [0.29, 0.717) is 22.7 Å². The van der Waals surface area contributed by atoms with Crippen molar-refractivity contribution >= 4 is 11.0 Å². The lowest BCUT2D eigenvalue weighted by atomic mass is 10.3. The molecule has 90 valence electrons. The van der Waals surface area contributed by atoms with Crippen LogP contribution < -0.4 is 11.1 Å². The first kappa shape index (κ1) is 10.4. The van der Waals surface area contributed by atoms with Gasteiger partial charge in [-0.25, -0.2) is 15.2 Å². The summed E-state index contributed by atoms with van der Waals surface area (Å²) in [4.78, 5) is 29.6. The molecule has 3 aromatic heterocycles. The average molecular weight is 244 g/mol. The smallest absolute Gasteiger partial charge is 0.292 e. The molecule has 0 saturated carbocycles. The first-order valence-electron chi connectivity index (χ1n) is 5.16. The number of H-pyrrole nitrogens is 3. The lowest BCUT2D eigenvalue weighted by Gasteiger charge is -1.92. The van der Waals surface area contributed by atoms with Crippen LogP contribution in [-0.2, 0) is 0 Å². The van der Waals surface area contributed by atoms with E-state index in [0.717, 1.165) is 0 Å². The highest BCUT2D eigenvalue weighted by atomic mass is 16.1. The highest BCUT2D eigenvalue weighted by molar-refractivity contribution is 5.79. The Morgan fingerprint density at radius 3 is 2.61 bits per heavy atom. The highest BCUT2D eigenvalue weighted by Crippen LogP contribution is 2.16. The fraction of sp³-hybridized carbons (Fsp3) is 0.100. The zero-order valence-electron chi connectivity index (χ0n) is 9.31. The van der Waals surface area contributed by atoms with Gasteiger partial charge < -0.3 is 4.98 Å². The number of fused-ring (bicyclic) bond motifs is 1. The van der Waals surface area contributed by atoms with Gasteiger partial charge in [0.25, 0.3) is 11.1 Å². The summed E-state index contributed by atoms with van der Waals surface area (Å²) < 4.78 is 0. The van der Waals surface area contributed by atoms with Crippen LogP contribution in [0.3, 0.4) is 0 Å². The SMILES string of the molecule is Cc1n[nH]c(=O)c2nc(-c3ccc(=O)[nH]n3)[nH]c12. The molecule has 8 heteroatoms. The fourth-order valence-electron chi connectivity index (χ4n) is 1.64. The first-order valence-corrected chi connectivity index (χ1v) is 5.16. The van der Waals surface area contributed by atoms with Crippen LogP contribution in [0.15, 0.2) is 21.7 Å². The van der Waals surface area contributed by atoms with Crippen molar-refractivity contribution in [2.24, 2.45) is 0 Å². The Morgan fingerprint density at radius 1 is 1.11 bits per heavy atom. The molecular formula is C10H8N6O2. The molecule has 0 fully saturated rings. The van der Waals surface area contributed by atoms with Gasteiger partial charge in [0.05, 0.1) is 11.2 Å². The molecular weight excluding hydrogens is 236 g/mol. The molecule has 3 rings (SSSR count). The maximum Gasteiger partial charge on any atom is 0.292 e. The van der Waals surface area contributed by atoms with Crippen molar-refractivity contribution in [2.75, 3.05) is 0 Å². The quantitative estimate of drug-likeness (QED) is 0.543. The van der Waals surface area contributed by atoms with Gasteiger partial charge in [-0.15, -0.1) is 0 Å². The van der Waals surface area contributed by atoms with Gasteiger partial charge in [-0.05, 0) is 13.0 Å². The largest absolute Gasteiger partial charge is 0.335 e. The fourth-order valence-corrected chi connectivity index (χ4v) is 1.64. The molecule has 18 heavy (non-hydrogen) atoms. The van der Waals surface area contributed by atoms with Crippen LogP contribution in [0.25, 0.3) is 22.6 Å². The molecule has 0 aliphatic heterocycles. The van der Waals surface area contributed by atoms with Gasteiger partial charge in [0.15, 0.2) is 11.3 Å². The van der Waals surface area contributed by atoms with Gasteiger partial charge in [0, 0.05) is 6.07 Å². The minimum atomic E-state index is -0.373. The van der Waals surface area contributed by atoms with Crippen LogP contribution in [0.2, 0.25) is 0 Å². The third-order valence-electron chi connectivity index (χ3n) is 2.53. The lowest BCUT2D eigenvalue weighted by Crippen LogP contribution is -2.09. The van der Waals surface area contributed by atoms with Crippen molar-refractivity contribution < 1.29 is 0 Å². The van der Waals surface area contributed by atoms with Crippen LogP contribution in [0.4, 0.5) is 0 Å². The standard InChI is InChI=1S/C10H8N6O2/c1-4-7-8(10(18)16-13-4)12-9(11-7)5-2-3-6(17)15-14-5/h2-3H,1H3,(H,11,12)(H,15,17)(H,16,18). The zero-order valence-corrected chi connectivity index (χ0v) is 9.31. The second-order valence-corrected chi connectivity index (χ2v) is 3.75. The minimum absolute atomic E-state index is 0.269. The van der Waals surface area contributed by atoms with Crippen molar-refractivity contribution in [1.82, 2.24) is 30.4 Å². The van der Waals surface area contributed by atoms with Gasteiger partial charge >= 0.3 is 0 Å². The Bertz CT molecular complexity index is 823. The summed E-state index contributed by atoms with van der Waals surface area (Å²) in [5.74, 6) is 0.405. The van der Waals surface area contributed by atoms with Crippen LogP contribution in [0.1, 0.15) is 5.69 Å². The van der Waals surface area contributed by atoms with Crippen LogP contribution >= 0.6 is 0 Å². The van der Waals surface area contributed by atoms with E-state index < -0.39 is 0 Å². The summed E-state index contributed by atoms with van der Waals surface area (Å²) in [6, 6.07) is 2.86. The predicted octanol–water partition coefficient (Wildman–Crippen LogP) is -0.295. The summed E-state index contributed by atoms with van der Waals surface area (Å²) in [7, 11) is 0. The average Bonchev–Trinajstić information content (AvgIpc) is 2.81. The van der Waals surface area contributed by atoms with Gasteiger partial charge in [-0.2, -0.15) is 10.2 Å². The number of hydrogen-bond acceptors (Lipinski definition) is 5. The Kier molecular flexibility index (Phi) is 2.09. The molecule has 0 unspecified atom stereocenters. The van der Waals surface area contributed by atoms with Gasteiger partial charge in [-0.3, -0.25) is 9.59 Å². The predicted molar refractivity (Wildman–Crippen MR) is 63.1 cm³/mol. The van der Waals surface area contributed by atoms with E-state index in [1.807, 2.05) is 0 Å². The number of imidazole rings is 1. The zero-order chi connectivity index (χ0) is 12.7. The molecule has 3 N–H and O–H groups in total. The number of rotatable bonds is 1. The Hall–Kier alpha value is -2.77. The topological polar surface area (TPSA) is 120 Å².